The molecule has 0 aromatic rings. The molecule has 5 saturated carbocycles. The highest BCUT2D eigenvalue weighted by Crippen LogP contribution is 2.46. The van der Waals surface area contributed by atoms with E-state index in [2.05, 4.69) is 40.5 Å². The van der Waals surface area contributed by atoms with E-state index in [0.717, 1.165) is 0 Å². The predicted octanol–water partition coefficient (Wildman–Crippen LogP) is 0.948. The second-order valence-corrected chi connectivity index (χ2v) is 19.3. The third-order valence-electron chi connectivity index (χ3n) is 12.2. The van der Waals surface area contributed by atoms with E-state index in [9.17, 15) is 46.1 Å². The van der Waals surface area contributed by atoms with Crippen LogP contribution in [-0.4, -0.2) is 142 Å². The molecule has 22 nitrogen and oxygen atoms in total. The Hall–Kier alpha value is -2.23. The van der Waals surface area contributed by atoms with Crippen molar-refractivity contribution in [3.8, 4) is 0 Å². The lowest BCUT2D eigenvalue weighted by Crippen LogP contribution is -2.65. The lowest BCUT2D eigenvalue weighted by molar-refractivity contribution is -0.263. The summed E-state index contributed by atoms with van der Waals surface area (Å²) in [6, 6.07) is -6.95. The van der Waals surface area contributed by atoms with Crippen molar-refractivity contribution in [1.29, 1.82) is 0 Å². The van der Waals surface area contributed by atoms with Crippen molar-refractivity contribution in [3.63, 3.8) is 0 Å². The number of rotatable bonds is 13. The van der Waals surface area contributed by atoms with Gasteiger partial charge in [0.05, 0.1) is 55.5 Å². The van der Waals surface area contributed by atoms with Crippen molar-refractivity contribution >= 4 is 26.2 Å². The van der Waals surface area contributed by atoms with E-state index in [4.69, 9.17) is 22.0 Å². The number of azo groups is 3. The number of aliphatic carboxylic acids is 1. The van der Waals surface area contributed by atoms with Crippen molar-refractivity contribution in [2.24, 2.45) is 71.7 Å². The van der Waals surface area contributed by atoms with Gasteiger partial charge in [-0.1, -0.05) is 0 Å². The van der Waals surface area contributed by atoms with Gasteiger partial charge in [-0.05, 0) is 88.4 Å². The van der Waals surface area contributed by atoms with Gasteiger partial charge < -0.3 is 26.8 Å². The molecular weight excluding hydrogens is 773 g/mol. The summed E-state index contributed by atoms with van der Waals surface area (Å²) >= 11 is 0. The molecular formula is C31H54N8O14S2. The molecule has 0 aliphatic heterocycles. The van der Waals surface area contributed by atoms with Gasteiger partial charge in [0.25, 0.3) is 20.2 Å². The normalized spacial score (nSPS) is 43.5. The van der Waals surface area contributed by atoms with Crippen LogP contribution < -0.4 is 11.5 Å². The number of carbonyl (C=O) groups is 1. The number of fused-ring (bicyclic) bond motifs is 1. The molecule has 0 aromatic heterocycles. The molecule has 5 rings (SSSR count). The van der Waals surface area contributed by atoms with Crippen LogP contribution in [0, 0.1) is 29.6 Å². The molecule has 0 aromatic carbocycles. The number of carboxylic acid groups (broad SMARTS) is 1. The van der Waals surface area contributed by atoms with Crippen molar-refractivity contribution in [3.05, 3.63) is 0 Å². The van der Waals surface area contributed by atoms with Gasteiger partial charge >= 0.3 is 5.97 Å². The van der Waals surface area contributed by atoms with Crippen LogP contribution in [0.25, 0.3) is 0 Å². The molecule has 11 N–H and O–H groups in total. The predicted molar refractivity (Wildman–Crippen MR) is 189 cm³/mol. The van der Waals surface area contributed by atoms with E-state index in [1.54, 1.807) is 0 Å². The quantitative estimate of drug-likeness (QED) is 0.0540. The highest BCUT2D eigenvalue weighted by Gasteiger charge is 2.58. The molecule has 5 aliphatic rings. The number of aliphatic hydroxyl groups is 2. The van der Waals surface area contributed by atoms with Gasteiger partial charge in [-0.25, -0.2) is 9.78 Å². The molecule has 0 saturated heterocycles. The summed E-state index contributed by atoms with van der Waals surface area (Å²) in [7, 11) is -9.76. The van der Waals surface area contributed by atoms with Crippen LogP contribution >= 0.6 is 0 Å². The zero-order chi connectivity index (χ0) is 40.2. The standard InChI is InChI=1S/C31H54N8O14S2/c32-21-11-19(40)2-4-23(21)37-36-22-3-1-17(10-20(22)31(42)43)34-38-28-24(54(46,47)48)8-16-9-25(55(49,50)51)29(30(41)26(16)27(28)33)39-35-18-6-14(12-52-44)5-15(7-18)13-53-45/h14-30,40-41,44-45H,1-13,32-33H2,(H,42,43)(H,46,47,48)(H,49,50,51). The lowest BCUT2D eigenvalue weighted by Gasteiger charge is -2.50. The van der Waals surface area contributed by atoms with Gasteiger partial charge in [-0.3, -0.25) is 24.4 Å². The Morgan fingerprint density at radius 3 is 1.76 bits per heavy atom. The largest absolute Gasteiger partial charge is 0.481 e. The molecule has 0 amide bonds. The summed E-state index contributed by atoms with van der Waals surface area (Å²) in [4.78, 5) is 20.9. The average molecular weight is 827 g/mol. The number of aliphatic hydroxyl groups excluding tert-OH is 2. The first-order valence-electron chi connectivity index (χ1n) is 18.7. The van der Waals surface area contributed by atoms with Crippen LogP contribution in [0.15, 0.2) is 30.7 Å². The maximum Gasteiger partial charge on any atom is 0.308 e. The van der Waals surface area contributed by atoms with Crippen molar-refractivity contribution < 1.29 is 66.3 Å². The molecule has 0 heterocycles. The summed E-state index contributed by atoms with van der Waals surface area (Å²) in [6.07, 6.45) is 0.284. The Balaban J connectivity index is 1.34. The first-order valence-corrected chi connectivity index (χ1v) is 21.7. The highest BCUT2D eigenvalue weighted by atomic mass is 32.2. The van der Waals surface area contributed by atoms with E-state index in [-0.39, 0.29) is 56.8 Å². The minimum atomic E-state index is -4.88. The van der Waals surface area contributed by atoms with Gasteiger partial charge in [0.15, 0.2) is 0 Å². The van der Waals surface area contributed by atoms with Crippen LogP contribution in [-0.2, 0) is 34.8 Å². The number of hydrogen-bond acceptors (Lipinski definition) is 19. The van der Waals surface area contributed by atoms with Crippen molar-refractivity contribution in [1.82, 2.24) is 0 Å². The Labute approximate surface area is 318 Å². The molecule has 0 radical (unpaired) electrons. The molecule has 24 heteroatoms. The molecule has 314 valence electrons. The number of nitrogens with zero attached hydrogens (tertiary/aromatic N) is 6. The first kappa shape index (κ1) is 43.9. The van der Waals surface area contributed by atoms with Crippen LogP contribution in [0.5, 0.6) is 0 Å². The molecule has 16 unspecified atom stereocenters. The van der Waals surface area contributed by atoms with Gasteiger partial charge in [0, 0.05) is 18.0 Å². The summed E-state index contributed by atoms with van der Waals surface area (Å²) in [5.74, 6) is -4.51. The van der Waals surface area contributed by atoms with E-state index >= 15 is 0 Å². The van der Waals surface area contributed by atoms with Crippen molar-refractivity contribution in [2.75, 3.05) is 13.2 Å². The Morgan fingerprint density at radius 2 is 1.20 bits per heavy atom. The Morgan fingerprint density at radius 1 is 0.655 bits per heavy atom. The maximum atomic E-state index is 12.7. The third kappa shape index (κ3) is 10.8. The Kier molecular flexibility index (Phi) is 14.8. The zero-order valence-electron chi connectivity index (χ0n) is 30.2. The SMILES string of the molecule is NC1CC(O)CCC1N=NC1CCC(N=NC2C(N)C3C(CC2S(=O)(=O)O)CC(S(=O)(=O)O)C(N=NC2CC(COO)CC(COO)C2)C3O)CC1C(=O)O. The number of carboxylic acids is 1. The maximum absolute atomic E-state index is 12.7. The zero-order valence-corrected chi connectivity index (χ0v) is 31.8. The Bertz CT molecular complexity index is 1610. The van der Waals surface area contributed by atoms with Gasteiger partial charge in [-0.2, -0.15) is 47.5 Å². The monoisotopic (exact) mass is 826 g/mol. The van der Waals surface area contributed by atoms with Crippen molar-refractivity contribution in [2.45, 2.75) is 142 Å². The molecule has 5 aliphatic carbocycles. The summed E-state index contributed by atoms with van der Waals surface area (Å²) in [5.41, 5.74) is 12.7. The third-order valence-corrected chi connectivity index (χ3v) is 14.7. The van der Waals surface area contributed by atoms with Gasteiger partial charge in [0.1, 0.15) is 22.6 Å². The lowest BCUT2D eigenvalue weighted by atomic mass is 9.64. The summed E-state index contributed by atoms with van der Waals surface area (Å²) in [6.45, 7) is -0.0780. The van der Waals surface area contributed by atoms with Crippen LogP contribution in [0.1, 0.15) is 70.6 Å². The average Bonchev–Trinajstić information content (AvgIpc) is 3.09. The topological polar surface area (TPSA) is 372 Å². The molecule has 55 heavy (non-hydrogen) atoms. The smallest absolute Gasteiger partial charge is 0.308 e. The fourth-order valence-electron chi connectivity index (χ4n) is 9.49. The van der Waals surface area contributed by atoms with Gasteiger partial charge in [-0.15, -0.1) is 0 Å². The number of nitrogens with two attached hydrogens (primary N) is 2. The fourth-order valence-corrected chi connectivity index (χ4v) is 11.6. The van der Waals surface area contributed by atoms with E-state index in [1.807, 2.05) is 0 Å². The minimum Gasteiger partial charge on any atom is -0.481 e. The molecule has 5 fully saturated rings. The summed E-state index contributed by atoms with van der Waals surface area (Å²) in [5, 5.41) is 71.9. The van der Waals surface area contributed by atoms with E-state index in [0.29, 0.717) is 44.9 Å². The minimum absolute atomic E-state index is 0.0125. The molecule has 0 spiro atoms. The van der Waals surface area contributed by atoms with Crippen LogP contribution in [0.2, 0.25) is 0 Å². The number of hydrogen-bond donors (Lipinski definition) is 9. The van der Waals surface area contributed by atoms with E-state index < -0.39 is 109 Å². The first-order chi connectivity index (χ1) is 25.9. The highest BCUT2D eigenvalue weighted by molar-refractivity contribution is 7.86. The van der Waals surface area contributed by atoms with E-state index in [1.165, 1.54) is 0 Å². The van der Waals surface area contributed by atoms with Gasteiger partial charge in [0.2, 0.25) is 0 Å². The van der Waals surface area contributed by atoms with Crippen LogP contribution in [0.4, 0.5) is 0 Å². The molecule has 16 atom stereocenters. The molecule has 0 bridgehead atoms. The van der Waals surface area contributed by atoms with Crippen LogP contribution in [0.3, 0.4) is 0 Å². The summed E-state index contributed by atoms with van der Waals surface area (Å²) < 4.78 is 71.2. The second-order valence-electron chi connectivity index (χ2n) is 16.0. The second kappa shape index (κ2) is 18.6. The fraction of sp³-hybridized carbons (Fsp3) is 0.968.